The maximum Gasteiger partial charge on any atom is 0.293 e. The van der Waals surface area contributed by atoms with Crippen LogP contribution in [0, 0.1) is 5.82 Å². The zero-order valence-electron chi connectivity index (χ0n) is 14.4. The number of rotatable bonds is 3. The van der Waals surface area contributed by atoms with E-state index < -0.39 is 11.7 Å². The molecule has 1 aromatic heterocycles. The van der Waals surface area contributed by atoms with Gasteiger partial charge in [-0.25, -0.2) is 4.39 Å². The minimum Gasteiger partial charge on any atom is -0.459 e. The number of furan rings is 1. The quantitative estimate of drug-likeness (QED) is 0.755. The van der Waals surface area contributed by atoms with E-state index in [4.69, 9.17) is 4.42 Å². The molecule has 0 aliphatic carbocycles. The van der Waals surface area contributed by atoms with E-state index in [0.717, 1.165) is 24.1 Å². The summed E-state index contributed by atoms with van der Waals surface area (Å²) in [7, 11) is 0. The predicted octanol–water partition coefficient (Wildman–Crippen LogP) is 4.26. The highest BCUT2D eigenvalue weighted by Crippen LogP contribution is 2.31. The first-order chi connectivity index (χ1) is 13.1. The van der Waals surface area contributed by atoms with E-state index in [2.05, 4.69) is 5.32 Å². The molecule has 0 saturated heterocycles. The number of hydrogen-bond acceptors (Lipinski definition) is 3. The van der Waals surface area contributed by atoms with Crippen molar-refractivity contribution in [2.45, 2.75) is 12.8 Å². The molecule has 0 radical (unpaired) electrons. The molecule has 0 spiro atoms. The molecule has 1 aliphatic heterocycles. The summed E-state index contributed by atoms with van der Waals surface area (Å²) in [5, 5.41) is 2.76. The molecule has 0 bridgehead atoms. The van der Waals surface area contributed by atoms with Gasteiger partial charge in [0.25, 0.3) is 11.8 Å². The highest BCUT2D eigenvalue weighted by molar-refractivity contribution is 6.07. The molecule has 2 amide bonds. The molecular weight excluding hydrogens is 347 g/mol. The van der Waals surface area contributed by atoms with Gasteiger partial charge in [-0.15, -0.1) is 0 Å². The summed E-state index contributed by atoms with van der Waals surface area (Å²) in [6, 6.07) is 14.3. The van der Waals surface area contributed by atoms with Crippen molar-refractivity contribution in [2.24, 2.45) is 0 Å². The second kappa shape index (κ2) is 7.07. The Bertz CT molecular complexity index is 998. The SMILES string of the molecule is O=C(Nc1ccc2c(c1)N(C(=O)c1ccco1)CCC2)c1cccc(F)c1. The van der Waals surface area contributed by atoms with Crippen molar-refractivity contribution in [2.75, 3.05) is 16.8 Å². The number of aryl methyl sites for hydroxylation is 1. The normalized spacial score (nSPS) is 13.1. The second-order valence-corrected chi connectivity index (χ2v) is 6.35. The Morgan fingerprint density at radius 1 is 1.07 bits per heavy atom. The van der Waals surface area contributed by atoms with Crippen LogP contribution < -0.4 is 10.2 Å². The van der Waals surface area contributed by atoms with Crippen LogP contribution in [0.15, 0.2) is 65.3 Å². The molecule has 3 aromatic rings. The lowest BCUT2D eigenvalue weighted by molar-refractivity contribution is 0.0958. The van der Waals surface area contributed by atoms with Gasteiger partial charge in [0.05, 0.1) is 6.26 Å². The van der Waals surface area contributed by atoms with E-state index in [-0.39, 0.29) is 17.2 Å². The topological polar surface area (TPSA) is 62.6 Å². The number of amides is 2. The number of halogens is 1. The zero-order chi connectivity index (χ0) is 18.8. The van der Waals surface area contributed by atoms with Crippen LogP contribution in [-0.4, -0.2) is 18.4 Å². The summed E-state index contributed by atoms with van der Waals surface area (Å²) >= 11 is 0. The third-order valence-corrected chi connectivity index (χ3v) is 4.53. The largest absolute Gasteiger partial charge is 0.459 e. The number of carbonyl (C=O) groups excluding carboxylic acids is 2. The summed E-state index contributed by atoms with van der Waals surface area (Å²) in [4.78, 5) is 26.7. The Morgan fingerprint density at radius 2 is 1.96 bits per heavy atom. The minimum absolute atomic E-state index is 0.213. The maximum absolute atomic E-state index is 13.3. The Kier molecular flexibility index (Phi) is 4.46. The van der Waals surface area contributed by atoms with Crippen LogP contribution in [0.4, 0.5) is 15.8 Å². The second-order valence-electron chi connectivity index (χ2n) is 6.35. The molecule has 0 fully saturated rings. The molecule has 5 nitrogen and oxygen atoms in total. The van der Waals surface area contributed by atoms with Crippen LogP contribution >= 0.6 is 0 Å². The molecule has 1 aliphatic rings. The molecule has 2 aromatic carbocycles. The number of hydrogen-bond donors (Lipinski definition) is 1. The lowest BCUT2D eigenvalue weighted by atomic mass is 10.0. The molecule has 6 heteroatoms. The van der Waals surface area contributed by atoms with Crippen molar-refractivity contribution in [1.29, 1.82) is 0 Å². The van der Waals surface area contributed by atoms with E-state index in [9.17, 15) is 14.0 Å². The maximum atomic E-state index is 13.3. The Labute approximate surface area is 155 Å². The Morgan fingerprint density at radius 3 is 2.74 bits per heavy atom. The van der Waals surface area contributed by atoms with Crippen molar-refractivity contribution in [3.63, 3.8) is 0 Å². The first kappa shape index (κ1) is 17.0. The van der Waals surface area contributed by atoms with E-state index in [1.807, 2.05) is 6.07 Å². The van der Waals surface area contributed by atoms with E-state index >= 15 is 0 Å². The molecule has 2 heterocycles. The van der Waals surface area contributed by atoms with E-state index in [1.165, 1.54) is 24.5 Å². The van der Waals surface area contributed by atoms with Crippen molar-refractivity contribution < 1.29 is 18.4 Å². The molecule has 0 saturated carbocycles. The first-order valence-corrected chi connectivity index (χ1v) is 8.67. The number of nitrogens with zero attached hydrogens (tertiary/aromatic N) is 1. The number of benzene rings is 2. The number of fused-ring (bicyclic) bond motifs is 1. The monoisotopic (exact) mass is 364 g/mol. The van der Waals surface area contributed by atoms with Gasteiger partial charge < -0.3 is 14.6 Å². The van der Waals surface area contributed by atoms with Crippen molar-refractivity contribution in [3.05, 3.63) is 83.6 Å². The first-order valence-electron chi connectivity index (χ1n) is 8.67. The molecule has 136 valence electrons. The minimum atomic E-state index is -0.469. The Balaban J connectivity index is 1.61. The standard InChI is InChI=1S/C21H17FN2O3/c22-16-6-1-4-15(12-16)20(25)23-17-9-8-14-5-2-10-24(18(14)13-17)21(26)19-7-3-11-27-19/h1,3-4,6-9,11-13H,2,5,10H2,(H,23,25). The van der Waals surface area contributed by atoms with Crippen molar-refractivity contribution in [1.82, 2.24) is 0 Å². The summed E-state index contributed by atoms with van der Waals surface area (Å²) in [5.74, 6) is -0.816. The molecule has 0 unspecified atom stereocenters. The Hall–Kier alpha value is -3.41. The number of carbonyl (C=O) groups is 2. The van der Waals surface area contributed by atoms with Crippen LogP contribution in [-0.2, 0) is 6.42 Å². The van der Waals surface area contributed by atoms with Gasteiger partial charge in [0.2, 0.25) is 0 Å². The lowest BCUT2D eigenvalue weighted by Crippen LogP contribution is -2.35. The molecule has 4 rings (SSSR count). The van der Waals surface area contributed by atoms with Gasteiger partial charge in [0.1, 0.15) is 5.82 Å². The smallest absolute Gasteiger partial charge is 0.293 e. The molecular formula is C21H17FN2O3. The fourth-order valence-electron chi connectivity index (χ4n) is 3.23. The third-order valence-electron chi connectivity index (χ3n) is 4.53. The third kappa shape index (κ3) is 3.46. The van der Waals surface area contributed by atoms with Crippen LogP contribution in [0.25, 0.3) is 0 Å². The van der Waals surface area contributed by atoms with Crippen molar-refractivity contribution >= 4 is 23.2 Å². The molecule has 1 N–H and O–H groups in total. The van der Waals surface area contributed by atoms with Crippen molar-refractivity contribution in [3.8, 4) is 0 Å². The highest BCUT2D eigenvalue weighted by atomic mass is 19.1. The summed E-state index contributed by atoms with van der Waals surface area (Å²) in [6.07, 6.45) is 3.18. The van der Waals surface area contributed by atoms with Gasteiger partial charge in [-0.05, 0) is 60.9 Å². The average molecular weight is 364 g/mol. The van der Waals surface area contributed by atoms with E-state index in [0.29, 0.717) is 12.2 Å². The lowest BCUT2D eigenvalue weighted by Gasteiger charge is -2.29. The van der Waals surface area contributed by atoms with Gasteiger partial charge in [0, 0.05) is 23.5 Å². The highest BCUT2D eigenvalue weighted by Gasteiger charge is 2.25. The summed E-state index contributed by atoms with van der Waals surface area (Å²) < 4.78 is 18.6. The summed E-state index contributed by atoms with van der Waals surface area (Å²) in [6.45, 7) is 0.577. The van der Waals surface area contributed by atoms with Crippen LogP contribution in [0.3, 0.4) is 0 Å². The fraction of sp³-hybridized carbons (Fsp3) is 0.143. The van der Waals surface area contributed by atoms with Crippen LogP contribution in [0.2, 0.25) is 0 Å². The van der Waals surface area contributed by atoms with Gasteiger partial charge in [-0.2, -0.15) is 0 Å². The predicted molar refractivity (Wildman–Crippen MR) is 99.5 cm³/mol. The van der Waals surface area contributed by atoms with Gasteiger partial charge in [0.15, 0.2) is 5.76 Å². The van der Waals surface area contributed by atoms with Gasteiger partial charge in [-0.3, -0.25) is 9.59 Å². The van der Waals surface area contributed by atoms with E-state index in [1.54, 1.807) is 35.2 Å². The number of anilines is 2. The number of nitrogens with one attached hydrogen (secondary N) is 1. The average Bonchev–Trinajstić information content (AvgIpc) is 3.22. The zero-order valence-corrected chi connectivity index (χ0v) is 14.4. The summed E-state index contributed by atoms with van der Waals surface area (Å²) in [5.41, 5.74) is 2.56. The van der Waals surface area contributed by atoms with Crippen LogP contribution in [0.1, 0.15) is 32.9 Å². The van der Waals surface area contributed by atoms with Crippen LogP contribution in [0.5, 0.6) is 0 Å². The molecule has 27 heavy (non-hydrogen) atoms. The molecule has 0 atom stereocenters. The van der Waals surface area contributed by atoms with Gasteiger partial charge >= 0.3 is 0 Å². The fourth-order valence-corrected chi connectivity index (χ4v) is 3.23. The van der Waals surface area contributed by atoms with Gasteiger partial charge in [-0.1, -0.05) is 12.1 Å².